The fourth-order valence-corrected chi connectivity index (χ4v) is 3.24. The molecule has 0 aliphatic rings. The van der Waals surface area contributed by atoms with Crippen molar-refractivity contribution >= 4 is 29.9 Å². The average molecular weight is 298 g/mol. The summed E-state index contributed by atoms with van der Waals surface area (Å²) >= 11 is 0. The molecular formula is C17H22N2OSi. The number of aromatic nitrogens is 2. The monoisotopic (exact) mass is 298 g/mol. The highest BCUT2D eigenvalue weighted by atomic mass is 28.3. The molecule has 0 spiro atoms. The van der Waals surface area contributed by atoms with Crippen molar-refractivity contribution < 1.29 is 4.74 Å². The summed E-state index contributed by atoms with van der Waals surface area (Å²) in [5, 5.41) is 2.48. The largest absolute Gasteiger partial charge is 0.361 e. The van der Waals surface area contributed by atoms with Crippen LogP contribution in [-0.2, 0) is 11.5 Å². The zero-order valence-corrected chi connectivity index (χ0v) is 14.0. The fourth-order valence-electron chi connectivity index (χ4n) is 2.48. The molecule has 3 rings (SSSR count). The van der Waals surface area contributed by atoms with Gasteiger partial charge in [-0.1, -0.05) is 50.0 Å². The van der Waals surface area contributed by atoms with Gasteiger partial charge in [-0.3, -0.25) is 0 Å². The molecule has 0 unspecified atom stereocenters. The molecule has 0 radical (unpaired) electrons. The van der Waals surface area contributed by atoms with E-state index in [1.807, 2.05) is 6.33 Å². The lowest BCUT2D eigenvalue weighted by atomic mass is 10.1. The van der Waals surface area contributed by atoms with Gasteiger partial charge in [0.2, 0.25) is 0 Å². The van der Waals surface area contributed by atoms with Crippen LogP contribution in [0.3, 0.4) is 0 Å². The third-order valence-corrected chi connectivity index (χ3v) is 5.43. The Balaban J connectivity index is 1.84. The highest BCUT2D eigenvalue weighted by molar-refractivity contribution is 6.76. The zero-order chi connectivity index (χ0) is 14.9. The molecule has 4 heteroatoms. The number of hydrogen-bond donors (Lipinski definition) is 0. The van der Waals surface area contributed by atoms with Gasteiger partial charge in [0, 0.05) is 20.1 Å². The lowest BCUT2D eigenvalue weighted by Crippen LogP contribution is -2.21. The van der Waals surface area contributed by atoms with Gasteiger partial charge in [0.1, 0.15) is 6.73 Å². The summed E-state index contributed by atoms with van der Waals surface area (Å²) in [5.74, 6) is 0. The van der Waals surface area contributed by atoms with Crippen molar-refractivity contribution in [2.24, 2.45) is 0 Å². The quantitative estimate of drug-likeness (QED) is 0.512. The molecule has 0 bridgehead atoms. The van der Waals surface area contributed by atoms with E-state index in [1.165, 1.54) is 22.3 Å². The van der Waals surface area contributed by atoms with Gasteiger partial charge in [0.05, 0.1) is 17.4 Å². The van der Waals surface area contributed by atoms with Crippen LogP contribution in [0, 0.1) is 0 Å². The second-order valence-corrected chi connectivity index (χ2v) is 12.3. The summed E-state index contributed by atoms with van der Waals surface area (Å²) in [4.78, 5) is 4.49. The lowest BCUT2D eigenvalue weighted by Gasteiger charge is -2.15. The number of hydrogen-bond acceptors (Lipinski definition) is 2. The lowest BCUT2D eigenvalue weighted by molar-refractivity contribution is 0.0900. The molecule has 3 aromatic rings. The molecule has 110 valence electrons. The molecule has 0 amide bonds. The number of ether oxygens (including phenoxy) is 1. The number of benzene rings is 2. The SMILES string of the molecule is C[Si](C)(C)CCOCn1cnc2ccc3ccccc3c21. The van der Waals surface area contributed by atoms with Crippen LogP contribution in [0.15, 0.2) is 42.7 Å². The molecule has 0 saturated carbocycles. The first kappa shape index (κ1) is 14.3. The fraction of sp³-hybridized carbons (Fsp3) is 0.353. The highest BCUT2D eigenvalue weighted by Gasteiger charge is 2.12. The highest BCUT2D eigenvalue weighted by Crippen LogP contribution is 2.24. The Morgan fingerprint density at radius 3 is 2.71 bits per heavy atom. The van der Waals surface area contributed by atoms with E-state index in [4.69, 9.17) is 4.74 Å². The topological polar surface area (TPSA) is 27.1 Å². The maximum absolute atomic E-state index is 5.87. The van der Waals surface area contributed by atoms with Crippen LogP contribution in [0.5, 0.6) is 0 Å². The second kappa shape index (κ2) is 5.62. The van der Waals surface area contributed by atoms with Gasteiger partial charge in [-0.2, -0.15) is 0 Å². The van der Waals surface area contributed by atoms with Crippen molar-refractivity contribution in [1.82, 2.24) is 9.55 Å². The number of nitrogens with zero attached hydrogens (tertiary/aromatic N) is 2. The van der Waals surface area contributed by atoms with Crippen LogP contribution in [0.25, 0.3) is 21.8 Å². The van der Waals surface area contributed by atoms with E-state index in [-0.39, 0.29) is 0 Å². The Labute approximate surface area is 126 Å². The summed E-state index contributed by atoms with van der Waals surface area (Å²) in [5.41, 5.74) is 2.20. The number of imidazole rings is 1. The summed E-state index contributed by atoms with van der Waals surface area (Å²) in [7, 11) is -1.03. The first-order chi connectivity index (χ1) is 10.0. The molecule has 21 heavy (non-hydrogen) atoms. The molecule has 0 aliphatic carbocycles. The number of fused-ring (bicyclic) bond motifs is 3. The predicted molar refractivity (Wildman–Crippen MR) is 91.3 cm³/mol. The Bertz CT molecular complexity index is 758. The molecule has 0 saturated heterocycles. The zero-order valence-electron chi connectivity index (χ0n) is 13.0. The summed E-state index contributed by atoms with van der Waals surface area (Å²) in [6.07, 6.45) is 1.88. The Hall–Kier alpha value is -1.65. The van der Waals surface area contributed by atoms with Crippen LogP contribution in [0.1, 0.15) is 0 Å². The molecule has 0 fully saturated rings. The third-order valence-electron chi connectivity index (χ3n) is 3.73. The molecule has 1 heterocycles. The minimum absolute atomic E-state index is 0.578. The van der Waals surface area contributed by atoms with Crippen molar-refractivity contribution in [3.63, 3.8) is 0 Å². The Morgan fingerprint density at radius 1 is 1.10 bits per heavy atom. The van der Waals surface area contributed by atoms with Gasteiger partial charge in [-0.05, 0) is 17.5 Å². The standard InChI is InChI=1S/C17H22N2OSi/c1-21(2,3)11-10-20-13-19-12-18-16-9-8-14-6-4-5-7-15(14)17(16)19/h4-9,12H,10-11,13H2,1-3H3. The van der Waals surface area contributed by atoms with Crippen LogP contribution in [0.2, 0.25) is 25.7 Å². The molecule has 0 N–H and O–H groups in total. The molecule has 0 aliphatic heterocycles. The van der Waals surface area contributed by atoms with E-state index in [9.17, 15) is 0 Å². The van der Waals surface area contributed by atoms with Gasteiger partial charge in [-0.25, -0.2) is 4.98 Å². The van der Waals surface area contributed by atoms with Crippen LogP contribution in [-0.4, -0.2) is 24.2 Å². The number of rotatable bonds is 5. The van der Waals surface area contributed by atoms with Crippen LogP contribution < -0.4 is 0 Å². The van der Waals surface area contributed by atoms with E-state index < -0.39 is 8.07 Å². The van der Waals surface area contributed by atoms with Crippen LogP contribution in [0.4, 0.5) is 0 Å². The van der Waals surface area contributed by atoms with E-state index in [0.717, 1.165) is 12.1 Å². The normalized spacial score (nSPS) is 12.3. The smallest absolute Gasteiger partial charge is 0.124 e. The average Bonchev–Trinajstić information content (AvgIpc) is 2.86. The predicted octanol–water partition coefficient (Wildman–Crippen LogP) is 4.50. The summed E-state index contributed by atoms with van der Waals surface area (Å²) in [6, 6.07) is 13.8. The van der Waals surface area contributed by atoms with E-state index in [0.29, 0.717) is 6.73 Å². The maximum atomic E-state index is 5.87. The minimum atomic E-state index is -1.03. The molecule has 2 aromatic carbocycles. The second-order valence-electron chi connectivity index (χ2n) is 6.72. The first-order valence-corrected chi connectivity index (χ1v) is 11.2. The van der Waals surface area contributed by atoms with Crippen molar-refractivity contribution in [1.29, 1.82) is 0 Å². The first-order valence-electron chi connectivity index (χ1n) is 7.45. The summed E-state index contributed by atoms with van der Waals surface area (Å²) < 4.78 is 7.98. The van der Waals surface area contributed by atoms with Gasteiger partial charge in [0.25, 0.3) is 0 Å². The maximum Gasteiger partial charge on any atom is 0.124 e. The van der Waals surface area contributed by atoms with Gasteiger partial charge in [0.15, 0.2) is 0 Å². The third kappa shape index (κ3) is 3.17. The van der Waals surface area contributed by atoms with Crippen molar-refractivity contribution in [3.8, 4) is 0 Å². The van der Waals surface area contributed by atoms with E-state index >= 15 is 0 Å². The molecule has 3 nitrogen and oxygen atoms in total. The Morgan fingerprint density at radius 2 is 1.90 bits per heavy atom. The van der Waals surface area contributed by atoms with Gasteiger partial charge < -0.3 is 9.30 Å². The van der Waals surface area contributed by atoms with Crippen molar-refractivity contribution in [2.45, 2.75) is 32.4 Å². The summed E-state index contributed by atoms with van der Waals surface area (Å²) in [6.45, 7) is 8.53. The van der Waals surface area contributed by atoms with E-state index in [1.54, 1.807) is 0 Å². The van der Waals surface area contributed by atoms with Crippen molar-refractivity contribution in [3.05, 3.63) is 42.7 Å². The molecule has 0 atom stereocenters. The Kier molecular flexibility index (Phi) is 3.82. The van der Waals surface area contributed by atoms with Crippen molar-refractivity contribution in [2.75, 3.05) is 6.61 Å². The van der Waals surface area contributed by atoms with Gasteiger partial charge in [-0.15, -0.1) is 0 Å². The molecule has 1 aromatic heterocycles. The van der Waals surface area contributed by atoms with E-state index in [2.05, 4.69) is 65.6 Å². The minimum Gasteiger partial charge on any atom is -0.361 e. The van der Waals surface area contributed by atoms with Crippen LogP contribution >= 0.6 is 0 Å². The van der Waals surface area contributed by atoms with Gasteiger partial charge >= 0.3 is 0 Å². The molecular weight excluding hydrogens is 276 g/mol.